The van der Waals surface area contributed by atoms with E-state index in [0.29, 0.717) is 16.6 Å². The third-order valence-electron chi connectivity index (χ3n) is 3.43. The summed E-state index contributed by atoms with van der Waals surface area (Å²) in [5.74, 6) is 0.947. The molecule has 0 spiro atoms. The van der Waals surface area contributed by atoms with Crippen LogP contribution in [-0.2, 0) is 6.54 Å². The predicted octanol–water partition coefficient (Wildman–Crippen LogP) is 3.49. The fourth-order valence-corrected chi connectivity index (χ4v) is 3.12. The van der Waals surface area contributed by atoms with Crippen LogP contribution in [0.2, 0.25) is 10.0 Å². The van der Waals surface area contributed by atoms with Crippen molar-refractivity contribution >= 4 is 41.2 Å². The predicted molar refractivity (Wildman–Crippen MR) is 109 cm³/mol. The van der Waals surface area contributed by atoms with Crippen LogP contribution in [0.4, 0.5) is 5.82 Å². The summed E-state index contributed by atoms with van der Waals surface area (Å²) in [5, 5.41) is 1.14. The smallest absolute Gasteiger partial charge is 0.128 e. The molecule has 1 aromatic carbocycles. The van der Waals surface area contributed by atoms with Gasteiger partial charge < -0.3 is 10.6 Å². The van der Waals surface area contributed by atoms with Crippen molar-refractivity contribution in [1.82, 2.24) is 14.4 Å². The van der Waals surface area contributed by atoms with Gasteiger partial charge in [0.15, 0.2) is 0 Å². The lowest BCUT2D eigenvalue weighted by atomic mass is 10.2. The van der Waals surface area contributed by atoms with Gasteiger partial charge in [-0.3, -0.25) is 4.72 Å². The van der Waals surface area contributed by atoms with E-state index in [0.717, 1.165) is 44.0 Å². The molecule has 1 aromatic heterocycles. The van der Waals surface area contributed by atoms with E-state index in [2.05, 4.69) is 19.3 Å². The topological polar surface area (TPSA) is 66.2 Å². The summed E-state index contributed by atoms with van der Waals surface area (Å²) in [6.45, 7) is 3.90. The molecule has 1 heterocycles. The van der Waals surface area contributed by atoms with Gasteiger partial charge in [0.25, 0.3) is 0 Å². The molecule has 0 aliphatic carbocycles. The van der Waals surface area contributed by atoms with E-state index in [9.17, 15) is 0 Å². The molecular formula is C17H23Cl2N5S. The first kappa shape index (κ1) is 20.3. The fourth-order valence-electron chi connectivity index (χ4n) is 2.23. The van der Waals surface area contributed by atoms with Gasteiger partial charge in [-0.25, -0.2) is 9.71 Å². The number of hydrogen-bond donors (Lipinski definition) is 3. The van der Waals surface area contributed by atoms with Crippen LogP contribution < -0.4 is 20.1 Å². The molecule has 0 fully saturated rings. The summed E-state index contributed by atoms with van der Waals surface area (Å²) in [5.41, 5.74) is 6.54. The lowest BCUT2D eigenvalue weighted by molar-refractivity contribution is 0.711. The minimum atomic E-state index is 0.570. The average molecular weight is 400 g/mol. The van der Waals surface area contributed by atoms with Crippen molar-refractivity contribution in [2.24, 2.45) is 5.73 Å². The van der Waals surface area contributed by atoms with Gasteiger partial charge in [0, 0.05) is 51.1 Å². The molecule has 0 saturated carbocycles. The second-order valence-corrected chi connectivity index (χ2v) is 6.99. The van der Waals surface area contributed by atoms with E-state index in [1.54, 1.807) is 0 Å². The molecule has 0 bridgehead atoms. The number of nitrogens with zero attached hydrogens (tertiary/aromatic N) is 2. The highest BCUT2D eigenvalue weighted by molar-refractivity contribution is 7.95. The first-order valence-corrected chi connectivity index (χ1v) is 9.69. The second-order valence-electron chi connectivity index (χ2n) is 5.39. The standard InChI is InChI=1S/C17H23Cl2N5S/c18-15-6-5-14(12-16(15)19)13-24(17-4-1-2-8-21-17)11-3-9-22-25-23-10-7-20/h1-2,4-6,8,12,22-23H,3,7,9-11,13,20H2. The minimum Gasteiger partial charge on any atom is -0.352 e. The van der Waals surface area contributed by atoms with Gasteiger partial charge in [-0.15, -0.1) is 0 Å². The van der Waals surface area contributed by atoms with E-state index in [4.69, 9.17) is 28.9 Å². The Labute approximate surface area is 163 Å². The van der Waals surface area contributed by atoms with E-state index < -0.39 is 0 Å². The highest BCUT2D eigenvalue weighted by atomic mass is 35.5. The number of rotatable bonds is 11. The Bertz CT molecular complexity index is 630. The Morgan fingerprint density at radius 1 is 1.08 bits per heavy atom. The zero-order valence-electron chi connectivity index (χ0n) is 13.9. The normalized spacial score (nSPS) is 10.8. The summed E-state index contributed by atoms with van der Waals surface area (Å²) < 4.78 is 6.41. The maximum atomic E-state index is 6.14. The number of benzene rings is 1. The van der Waals surface area contributed by atoms with Crippen LogP contribution in [0, 0.1) is 0 Å². The first-order valence-electron chi connectivity index (χ1n) is 8.12. The van der Waals surface area contributed by atoms with Crippen molar-refractivity contribution in [2.45, 2.75) is 13.0 Å². The third kappa shape index (κ3) is 7.40. The summed E-state index contributed by atoms with van der Waals surface area (Å²) in [4.78, 5) is 6.70. The fraction of sp³-hybridized carbons (Fsp3) is 0.353. The van der Waals surface area contributed by atoms with Crippen molar-refractivity contribution in [3.63, 3.8) is 0 Å². The van der Waals surface area contributed by atoms with Gasteiger partial charge in [-0.05, 0) is 36.2 Å². The molecular weight excluding hydrogens is 377 g/mol. The van der Waals surface area contributed by atoms with Crippen molar-refractivity contribution in [2.75, 3.05) is 31.1 Å². The van der Waals surface area contributed by atoms with E-state index in [1.807, 2.05) is 42.6 Å². The third-order valence-corrected chi connectivity index (χ3v) is 4.86. The summed E-state index contributed by atoms with van der Waals surface area (Å²) in [6.07, 6.45) is 2.79. The quantitative estimate of drug-likeness (QED) is 0.397. The molecule has 0 amide bonds. The average Bonchev–Trinajstić information content (AvgIpc) is 2.63. The van der Waals surface area contributed by atoms with Gasteiger partial charge in [0.2, 0.25) is 0 Å². The van der Waals surface area contributed by atoms with Crippen molar-refractivity contribution in [3.05, 3.63) is 58.2 Å². The number of hydrogen-bond acceptors (Lipinski definition) is 6. The van der Waals surface area contributed by atoms with Crippen LogP contribution in [-0.4, -0.2) is 31.2 Å². The van der Waals surface area contributed by atoms with Crippen molar-refractivity contribution < 1.29 is 0 Å². The maximum Gasteiger partial charge on any atom is 0.128 e. The number of nitrogens with two attached hydrogens (primary N) is 1. The maximum absolute atomic E-state index is 6.14. The van der Waals surface area contributed by atoms with Crippen LogP contribution in [0.15, 0.2) is 42.6 Å². The Morgan fingerprint density at radius 2 is 1.92 bits per heavy atom. The lowest BCUT2D eigenvalue weighted by Gasteiger charge is -2.24. The van der Waals surface area contributed by atoms with Crippen LogP contribution in [0.25, 0.3) is 0 Å². The van der Waals surface area contributed by atoms with Gasteiger partial charge in [-0.2, -0.15) is 0 Å². The first-order chi connectivity index (χ1) is 12.2. The van der Waals surface area contributed by atoms with Crippen LogP contribution in [0.3, 0.4) is 0 Å². The molecule has 2 aromatic rings. The largest absolute Gasteiger partial charge is 0.352 e. The molecule has 2 rings (SSSR count). The summed E-state index contributed by atoms with van der Waals surface area (Å²) in [6, 6.07) is 11.7. The Morgan fingerprint density at radius 3 is 2.64 bits per heavy atom. The van der Waals surface area contributed by atoms with Crippen molar-refractivity contribution in [1.29, 1.82) is 0 Å². The number of halogens is 2. The lowest BCUT2D eigenvalue weighted by Crippen LogP contribution is -2.27. The molecule has 5 nitrogen and oxygen atoms in total. The number of aromatic nitrogens is 1. The molecule has 136 valence electrons. The molecule has 0 atom stereocenters. The van der Waals surface area contributed by atoms with E-state index in [1.165, 1.54) is 12.1 Å². The molecule has 0 aliphatic rings. The number of nitrogens with one attached hydrogen (secondary N) is 2. The number of pyridine rings is 1. The molecule has 0 unspecified atom stereocenters. The van der Waals surface area contributed by atoms with Crippen LogP contribution >= 0.6 is 35.3 Å². The SMILES string of the molecule is NCCNSNCCCN(Cc1ccc(Cl)c(Cl)c1)c1ccccn1. The highest BCUT2D eigenvalue weighted by Crippen LogP contribution is 2.24. The zero-order valence-corrected chi connectivity index (χ0v) is 16.2. The molecule has 0 aliphatic heterocycles. The Balaban J connectivity index is 1.91. The van der Waals surface area contributed by atoms with Crippen LogP contribution in [0.5, 0.6) is 0 Å². The van der Waals surface area contributed by atoms with Gasteiger partial charge in [0.1, 0.15) is 5.82 Å². The molecule has 25 heavy (non-hydrogen) atoms. The van der Waals surface area contributed by atoms with E-state index >= 15 is 0 Å². The van der Waals surface area contributed by atoms with Gasteiger partial charge in [-0.1, -0.05) is 35.3 Å². The second kappa shape index (κ2) is 11.6. The minimum absolute atomic E-state index is 0.570. The molecule has 4 N–H and O–H groups in total. The molecule has 0 radical (unpaired) electrons. The monoisotopic (exact) mass is 399 g/mol. The van der Waals surface area contributed by atoms with Gasteiger partial charge in [0.05, 0.1) is 10.0 Å². The molecule has 8 heteroatoms. The zero-order chi connectivity index (χ0) is 17.9. The van der Waals surface area contributed by atoms with Gasteiger partial charge >= 0.3 is 0 Å². The highest BCUT2D eigenvalue weighted by Gasteiger charge is 2.09. The Hall–Kier alpha value is -1.02. The van der Waals surface area contributed by atoms with Crippen LogP contribution in [0.1, 0.15) is 12.0 Å². The summed E-state index contributed by atoms with van der Waals surface area (Å²) >= 11 is 13.6. The number of anilines is 1. The molecule has 0 saturated heterocycles. The van der Waals surface area contributed by atoms with E-state index in [-0.39, 0.29) is 0 Å². The summed E-state index contributed by atoms with van der Waals surface area (Å²) in [7, 11) is 0. The Kier molecular flexibility index (Phi) is 9.39. The van der Waals surface area contributed by atoms with Crippen molar-refractivity contribution in [3.8, 4) is 0 Å².